The summed E-state index contributed by atoms with van der Waals surface area (Å²) in [5, 5.41) is 11.7. The van der Waals surface area contributed by atoms with Gasteiger partial charge < -0.3 is 16.2 Å². The molecule has 1 aromatic carbocycles. The van der Waals surface area contributed by atoms with Gasteiger partial charge in [0.15, 0.2) is 0 Å². The van der Waals surface area contributed by atoms with Gasteiger partial charge in [0.1, 0.15) is 5.75 Å². The fourth-order valence-electron chi connectivity index (χ4n) is 0.963. The highest BCUT2D eigenvalue weighted by atomic mass is 16.3. The van der Waals surface area contributed by atoms with E-state index in [4.69, 9.17) is 10.8 Å². The molecular weight excluding hydrogens is 180 g/mol. The molecule has 4 nitrogen and oxygen atoms in total. The fourth-order valence-corrected chi connectivity index (χ4v) is 0.963. The molecule has 0 fully saturated rings. The Labute approximate surface area is 82.0 Å². The Morgan fingerprint density at radius 1 is 1.64 bits per heavy atom. The van der Waals surface area contributed by atoms with E-state index in [1.54, 1.807) is 6.08 Å². The van der Waals surface area contributed by atoms with E-state index in [9.17, 15) is 4.79 Å². The number of nitrogens with one attached hydrogen (secondary N) is 1. The summed E-state index contributed by atoms with van der Waals surface area (Å²) < 4.78 is 0. The standard InChI is InChI=1S/C10H12N2O2/c1-2-5-12-10(14)7-3-4-9(13)8(11)6-7/h2-4,6,13H,1,5,11H2,(H,12,14). The number of carbonyl (C=O) groups excluding carboxylic acids is 1. The van der Waals surface area contributed by atoms with Crippen LogP contribution in [0.2, 0.25) is 0 Å². The summed E-state index contributed by atoms with van der Waals surface area (Å²) >= 11 is 0. The maximum absolute atomic E-state index is 11.4. The lowest BCUT2D eigenvalue weighted by molar-refractivity contribution is 0.0958. The number of benzene rings is 1. The molecule has 0 aromatic heterocycles. The van der Waals surface area contributed by atoms with E-state index in [0.717, 1.165) is 0 Å². The van der Waals surface area contributed by atoms with E-state index < -0.39 is 0 Å². The summed E-state index contributed by atoms with van der Waals surface area (Å²) in [6.45, 7) is 3.88. The average Bonchev–Trinajstić information content (AvgIpc) is 2.18. The monoisotopic (exact) mass is 192 g/mol. The Hall–Kier alpha value is -1.97. The first kappa shape index (κ1) is 10.1. The maximum atomic E-state index is 11.4. The molecule has 0 radical (unpaired) electrons. The van der Waals surface area contributed by atoms with Gasteiger partial charge >= 0.3 is 0 Å². The van der Waals surface area contributed by atoms with Crippen LogP contribution in [0.5, 0.6) is 5.75 Å². The molecule has 0 atom stereocenters. The first-order valence-corrected chi connectivity index (χ1v) is 4.12. The molecule has 0 heterocycles. The van der Waals surface area contributed by atoms with Crippen molar-refractivity contribution in [2.75, 3.05) is 12.3 Å². The summed E-state index contributed by atoms with van der Waals surface area (Å²) in [5.41, 5.74) is 6.05. The number of anilines is 1. The van der Waals surface area contributed by atoms with Gasteiger partial charge in [-0.15, -0.1) is 6.58 Å². The second-order valence-electron chi connectivity index (χ2n) is 2.77. The first-order valence-electron chi connectivity index (χ1n) is 4.12. The predicted octanol–water partition coefficient (Wildman–Crippen LogP) is 0.890. The van der Waals surface area contributed by atoms with Crippen molar-refractivity contribution in [1.82, 2.24) is 5.32 Å². The summed E-state index contributed by atoms with van der Waals surface area (Å²) in [6.07, 6.45) is 1.58. The van der Waals surface area contributed by atoms with Crippen molar-refractivity contribution in [3.63, 3.8) is 0 Å². The molecule has 1 amide bonds. The van der Waals surface area contributed by atoms with Crippen LogP contribution < -0.4 is 11.1 Å². The maximum Gasteiger partial charge on any atom is 0.251 e. The van der Waals surface area contributed by atoms with Gasteiger partial charge in [-0.25, -0.2) is 0 Å². The van der Waals surface area contributed by atoms with Crippen molar-refractivity contribution in [3.8, 4) is 5.75 Å². The van der Waals surface area contributed by atoms with E-state index in [0.29, 0.717) is 12.1 Å². The number of nitrogen functional groups attached to an aromatic ring is 1. The number of phenols is 1. The second kappa shape index (κ2) is 4.32. The van der Waals surface area contributed by atoms with Crippen LogP contribution in [0, 0.1) is 0 Å². The van der Waals surface area contributed by atoms with Crippen LogP contribution in [-0.4, -0.2) is 17.6 Å². The van der Waals surface area contributed by atoms with Gasteiger partial charge in [-0.3, -0.25) is 4.79 Å². The summed E-state index contributed by atoms with van der Waals surface area (Å²) in [4.78, 5) is 11.4. The van der Waals surface area contributed by atoms with E-state index in [1.165, 1.54) is 18.2 Å². The van der Waals surface area contributed by atoms with Crippen LogP contribution in [-0.2, 0) is 0 Å². The number of carbonyl (C=O) groups is 1. The van der Waals surface area contributed by atoms with Crippen molar-refractivity contribution in [2.45, 2.75) is 0 Å². The van der Waals surface area contributed by atoms with Gasteiger partial charge in [0.25, 0.3) is 5.91 Å². The quantitative estimate of drug-likeness (QED) is 0.378. The van der Waals surface area contributed by atoms with Crippen LogP contribution in [0.3, 0.4) is 0 Å². The molecule has 0 saturated heterocycles. The number of rotatable bonds is 3. The minimum Gasteiger partial charge on any atom is -0.506 e. The molecule has 0 aliphatic carbocycles. The lowest BCUT2D eigenvalue weighted by atomic mass is 10.2. The normalized spacial score (nSPS) is 9.43. The molecule has 0 aliphatic heterocycles. The molecule has 1 aromatic rings. The van der Waals surface area contributed by atoms with Crippen molar-refractivity contribution in [1.29, 1.82) is 0 Å². The van der Waals surface area contributed by atoms with Gasteiger partial charge in [0.05, 0.1) is 5.69 Å². The molecule has 4 heteroatoms. The number of hydrogen-bond acceptors (Lipinski definition) is 3. The number of aromatic hydroxyl groups is 1. The molecule has 0 saturated carbocycles. The summed E-state index contributed by atoms with van der Waals surface area (Å²) in [7, 11) is 0. The number of phenolic OH excluding ortho intramolecular Hbond substituents is 1. The van der Waals surface area contributed by atoms with Crippen LogP contribution in [0.4, 0.5) is 5.69 Å². The molecule has 1 rings (SSSR count). The van der Waals surface area contributed by atoms with Crippen LogP contribution in [0.1, 0.15) is 10.4 Å². The van der Waals surface area contributed by atoms with Gasteiger partial charge in [-0.05, 0) is 18.2 Å². The highest BCUT2D eigenvalue weighted by Gasteiger charge is 2.05. The Bertz CT molecular complexity index is 361. The van der Waals surface area contributed by atoms with Gasteiger partial charge in [0.2, 0.25) is 0 Å². The first-order chi connectivity index (χ1) is 6.65. The SMILES string of the molecule is C=CCNC(=O)c1ccc(O)c(N)c1. The van der Waals surface area contributed by atoms with E-state index in [-0.39, 0.29) is 17.3 Å². The van der Waals surface area contributed by atoms with E-state index in [2.05, 4.69) is 11.9 Å². The minimum absolute atomic E-state index is 0.0229. The molecule has 74 valence electrons. The van der Waals surface area contributed by atoms with Gasteiger partial charge in [-0.1, -0.05) is 6.08 Å². The average molecular weight is 192 g/mol. The molecule has 0 unspecified atom stereocenters. The van der Waals surface area contributed by atoms with Crippen molar-refractivity contribution >= 4 is 11.6 Å². The largest absolute Gasteiger partial charge is 0.506 e. The number of hydrogen-bond donors (Lipinski definition) is 3. The third kappa shape index (κ3) is 2.26. The molecule has 4 N–H and O–H groups in total. The number of nitrogens with two attached hydrogens (primary N) is 1. The summed E-state index contributed by atoms with van der Waals surface area (Å²) in [6, 6.07) is 4.32. The molecule has 0 spiro atoms. The topological polar surface area (TPSA) is 75.3 Å². The molecule has 0 aliphatic rings. The highest BCUT2D eigenvalue weighted by Crippen LogP contribution is 2.20. The van der Waals surface area contributed by atoms with Crippen molar-refractivity contribution in [2.24, 2.45) is 0 Å². The molecule has 0 bridgehead atoms. The van der Waals surface area contributed by atoms with Gasteiger partial charge in [-0.2, -0.15) is 0 Å². The lowest BCUT2D eigenvalue weighted by Gasteiger charge is -2.04. The fraction of sp³-hybridized carbons (Fsp3) is 0.100. The zero-order valence-corrected chi connectivity index (χ0v) is 7.66. The Morgan fingerprint density at radius 2 is 2.36 bits per heavy atom. The molecular formula is C10H12N2O2. The Kier molecular flexibility index (Phi) is 3.12. The van der Waals surface area contributed by atoms with Gasteiger partial charge in [0, 0.05) is 12.1 Å². The van der Waals surface area contributed by atoms with Crippen LogP contribution in [0.15, 0.2) is 30.9 Å². The van der Waals surface area contributed by atoms with Crippen molar-refractivity contribution in [3.05, 3.63) is 36.4 Å². The third-order valence-electron chi connectivity index (χ3n) is 1.70. The van der Waals surface area contributed by atoms with Crippen LogP contribution >= 0.6 is 0 Å². The Balaban J connectivity index is 2.80. The Morgan fingerprint density at radius 3 is 2.93 bits per heavy atom. The zero-order chi connectivity index (χ0) is 10.6. The van der Waals surface area contributed by atoms with Crippen molar-refractivity contribution < 1.29 is 9.90 Å². The van der Waals surface area contributed by atoms with E-state index >= 15 is 0 Å². The second-order valence-corrected chi connectivity index (χ2v) is 2.77. The minimum atomic E-state index is -0.239. The molecule has 14 heavy (non-hydrogen) atoms. The zero-order valence-electron chi connectivity index (χ0n) is 7.66. The predicted molar refractivity (Wildman–Crippen MR) is 55.0 cm³/mol. The lowest BCUT2D eigenvalue weighted by Crippen LogP contribution is -2.23. The van der Waals surface area contributed by atoms with Crippen LogP contribution in [0.25, 0.3) is 0 Å². The summed E-state index contributed by atoms with van der Waals surface area (Å²) in [5.74, 6) is -0.262. The highest BCUT2D eigenvalue weighted by molar-refractivity contribution is 5.95. The van der Waals surface area contributed by atoms with E-state index in [1.807, 2.05) is 0 Å². The third-order valence-corrected chi connectivity index (χ3v) is 1.70. The smallest absolute Gasteiger partial charge is 0.251 e. The number of amides is 1.